The van der Waals surface area contributed by atoms with E-state index in [1.807, 2.05) is 0 Å². The van der Waals surface area contributed by atoms with Gasteiger partial charge in [-0.25, -0.2) is 4.79 Å². The number of carbonyl (C=O) groups is 1. The topological polar surface area (TPSA) is 35.5 Å². The Labute approximate surface area is 73.0 Å². The standard InChI is InChI=1S/C9H16O3/c1-2-3-4-5-6-9-11-7-8(10)12-9/h9H,2-7H2,1H3. The molecule has 0 aliphatic carbocycles. The largest absolute Gasteiger partial charge is 0.434 e. The molecule has 1 saturated heterocycles. The molecule has 0 saturated carbocycles. The lowest BCUT2D eigenvalue weighted by Crippen LogP contribution is -2.07. The molecule has 0 aromatic rings. The average Bonchev–Trinajstić information content (AvgIpc) is 2.45. The Morgan fingerprint density at radius 1 is 1.42 bits per heavy atom. The Bertz CT molecular complexity index is 145. The number of carbonyl (C=O) groups excluding carboxylic acids is 1. The van der Waals surface area contributed by atoms with Gasteiger partial charge in [0.1, 0.15) is 6.61 Å². The van der Waals surface area contributed by atoms with E-state index in [1.54, 1.807) is 0 Å². The van der Waals surface area contributed by atoms with Crippen LogP contribution < -0.4 is 0 Å². The maximum atomic E-state index is 10.6. The van der Waals surface area contributed by atoms with Crippen LogP contribution >= 0.6 is 0 Å². The third kappa shape index (κ3) is 3.22. The summed E-state index contributed by atoms with van der Waals surface area (Å²) in [7, 11) is 0. The van der Waals surface area contributed by atoms with Crippen molar-refractivity contribution in [3.05, 3.63) is 0 Å². The van der Waals surface area contributed by atoms with Gasteiger partial charge < -0.3 is 9.47 Å². The molecule has 0 spiro atoms. The fourth-order valence-corrected chi connectivity index (χ4v) is 1.26. The van der Waals surface area contributed by atoms with Crippen LogP contribution in [0.1, 0.15) is 39.0 Å². The van der Waals surface area contributed by atoms with Crippen LogP contribution in [-0.4, -0.2) is 18.9 Å². The van der Waals surface area contributed by atoms with E-state index in [9.17, 15) is 4.79 Å². The number of unbranched alkanes of at least 4 members (excludes halogenated alkanes) is 3. The third-order valence-electron chi connectivity index (χ3n) is 1.94. The summed E-state index contributed by atoms with van der Waals surface area (Å²) in [6, 6.07) is 0. The van der Waals surface area contributed by atoms with Crippen LogP contribution in [0, 0.1) is 0 Å². The summed E-state index contributed by atoms with van der Waals surface area (Å²) in [5.41, 5.74) is 0. The molecule has 3 nitrogen and oxygen atoms in total. The van der Waals surface area contributed by atoms with Gasteiger partial charge in [-0.3, -0.25) is 0 Å². The van der Waals surface area contributed by atoms with Crippen molar-refractivity contribution < 1.29 is 14.3 Å². The van der Waals surface area contributed by atoms with Crippen molar-refractivity contribution in [1.82, 2.24) is 0 Å². The molecule has 70 valence electrons. The Hall–Kier alpha value is -0.570. The van der Waals surface area contributed by atoms with E-state index in [0.717, 1.165) is 12.8 Å². The highest BCUT2D eigenvalue weighted by molar-refractivity contribution is 5.72. The highest BCUT2D eigenvalue weighted by atomic mass is 16.7. The summed E-state index contributed by atoms with van der Waals surface area (Å²) in [4.78, 5) is 10.6. The first-order valence-corrected chi connectivity index (χ1v) is 4.64. The molecule has 1 fully saturated rings. The zero-order valence-corrected chi connectivity index (χ0v) is 7.54. The summed E-state index contributed by atoms with van der Waals surface area (Å²) < 4.78 is 9.95. The van der Waals surface area contributed by atoms with Crippen molar-refractivity contribution in [2.45, 2.75) is 45.3 Å². The van der Waals surface area contributed by atoms with E-state index >= 15 is 0 Å². The van der Waals surface area contributed by atoms with Gasteiger partial charge in [-0.1, -0.05) is 26.2 Å². The summed E-state index contributed by atoms with van der Waals surface area (Å²) in [5, 5.41) is 0. The van der Waals surface area contributed by atoms with Crippen molar-refractivity contribution in [2.24, 2.45) is 0 Å². The Morgan fingerprint density at radius 2 is 2.25 bits per heavy atom. The Kier molecular flexibility index (Phi) is 4.08. The number of esters is 1. The number of ether oxygens (including phenoxy) is 2. The molecule has 3 heteroatoms. The van der Waals surface area contributed by atoms with Gasteiger partial charge in [-0.15, -0.1) is 0 Å². The number of cyclic esters (lactones) is 1. The summed E-state index contributed by atoms with van der Waals surface area (Å²) >= 11 is 0. The molecule has 1 aliphatic heterocycles. The molecule has 1 unspecified atom stereocenters. The van der Waals surface area contributed by atoms with Gasteiger partial charge in [0.2, 0.25) is 6.29 Å². The van der Waals surface area contributed by atoms with Crippen LogP contribution in [0.3, 0.4) is 0 Å². The lowest BCUT2D eigenvalue weighted by atomic mass is 10.1. The van der Waals surface area contributed by atoms with Gasteiger partial charge in [0.05, 0.1) is 0 Å². The van der Waals surface area contributed by atoms with Crippen LogP contribution in [0.4, 0.5) is 0 Å². The van der Waals surface area contributed by atoms with Crippen LogP contribution in [0.15, 0.2) is 0 Å². The lowest BCUT2D eigenvalue weighted by molar-refractivity contribution is -0.143. The molecule has 12 heavy (non-hydrogen) atoms. The second-order valence-corrected chi connectivity index (χ2v) is 3.08. The van der Waals surface area contributed by atoms with E-state index in [4.69, 9.17) is 9.47 Å². The predicted octanol–water partition coefficient (Wildman–Crippen LogP) is 1.86. The summed E-state index contributed by atoms with van der Waals surface area (Å²) in [6.07, 6.45) is 5.37. The molecular formula is C9H16O3. The van der Waals surface area contributed by atoms with Crippen LogP contribution in [0.5, 0.6) is 0 Å². The van der Waals surface area contributed by atoms with E-state index in [0.29, 0.717) is 0 Å². The summed E-state index contributed by atoms with van der Waals surface area (Å²) in [6.45, 7) is 2.31. The van der Waals surface area contributed by atoms with Crippen molar-refractivity contribution in [2.75, 3.05) is 6.61 Å². The highest BCUT2D eigenvalue weighted by Crippen LogP contribution is 2.13. The molecule has 0 amide bonds. The molecule has 1 atom stereocenters. The molecule has 0 N–H and O–H groups in total. The zero-order valence-electron chi connectivity index (χ0n) is 7.54. The van der Waals surface area contributed by atoms with Crippen LogP contribution in [0.2, 0.25) is 0 Å². The molecule has 1 aliphatic rings. The van der Waals surface area contributed by atoms with Gasteiger partial charge in [0, 0.05) is 6.42 Å². The van der Waals surface area contributed by atoms with Crippen molar-refractivity contribution >= 4 is 5.97 Å². The van der Waals surface area contributed by atoms with Gasteiger partial charge in [-0.2, -0.15) is 0 Å². The quantitative estimate of drug-likeness (QED) is 0.469. The van der Waals surface area contributed by atoms with Gasteiger partial charge >= 0.3 is 5.97 Å². The highest BCUT2D eigenvalue weighted by Gasteiger charge is 2.22. The normalized spacial score (nSPS) is 22.8. The van der Waals surface area contributed by atoms with Crippen molar-refractivity contribution in [1.29, 1.82) is 0 Å². The summed E-state index contributed by atoms with van der Waals surface area (Å²) in [5.74, 6) is -0.226. The number of hydrogen-bond acceptors (Lipinski definition) is 3. The fraction of sp³-hybridized carbons (Fsp3) is 0.889. The minimum absolute atomic E-state index is 0.137. The monoisotopic (exact) mass is 172 g/mol. The van der Waals surface area contributed by atoms with E-state index < -0.39 is 0 Å². The van der Waals surface area contributed by atoms with Gasteiger partial charge in [-0.05, 0) is 6.42 Å². The molecular weight excluding hydrogens is 156 g/mol. The van der Waals surface area contributed by atoms with Crippen molar-refractivity contribution in [3.63, 3.8) is 0 Å². The molecule has 1 rings (SSSR count). The molecule has 0 radical (unpaired) electrons. The van der Waals surface area contributed by atoms with Gasteiger partial charge in [0.15, 0.2) is 0 Å². The van der Waals surface area contributed by atoms with Gasteiger partial charge in [0.25, 0.3) is 0 Å². The molecule has 0 bridgehead atoms. The maximum Gasteiger partial charge on any atom is 0.334 e. The van der Waals surface area contributed by atoms with Crippen LogP contribution in [-0.2, 0) is 14.3 Å². The number of rotatable bonds is 5. The van der Waals surface area contributed by atoms with E-state index in [1.165, 1.54) is 19.3 Å². The smallest absolute Gasteiger partial charge is 0.334 e. The average molecular weight is 172 g/mol. The Balaban J connectivity index is 1.97. The first-order valence-electron chi connectivity index (χ1n) is 4.64. The van der Waals surface area contributed by atoms with E-state index in [-0.39, 0.29) is 18.9 Å². The first-order chi connectivity index (χ1) is 5.83. The van der Waals surface area contributed by atoms with E-state index in [2.05, 4.69) is 6.92 Å². The minimum atomic E-state index is -0.255. The maximum absolute atomic E-state index is 10.6. The molecule has 1 heterocycles. The molecule has 0 aromatic carbocycles. The third-order valence-corrected chi connectivity index (χ3v) is 1.94. The SMILES string of the molecule is CCCCCCC1OCC(=O)O1. The van der Waals surface area contributed by atoms with Crippen molar-refractivity contribution in [3.8, 4) is 0 Å². The second-order valence-electron chi connectivity index (χ2n) is 3.08. The Morgan fingerprint density at radius 3 is 2.83 bits per heavy atom. The fourth-order valence-electron chi connectivity index (χ4n) is 1.26. The van der Waals surface area contributed by atoms with Crippen LogP contribution in [0.25, 0.3) is 0 Å². The predicted molar refractivity (Wildman–Crippen MR) is 44.6 cm³/mol. The zero-order chi connectivity index (χ0) is 8.81. The molecule has 0 aromatic heterocycles. The first kappa shape index (κ1) is 9.52. The lowest BCUT2D eigenvalue weighted by Gasteiger charge is -2.06. The number of hydrogen-bond donors (Lipinski definition) is 0. The second kappa shape index (κ2) is 5.14. The minimum Gasteiger partial charge on any atom is -0.434 e.